The zero-order chi connectivity index (χ0) is 14.3. The third kappa shape index (κ3) is 5.49. The van der Waals surface area contributed by atoms with Gasteiger partial charge in [0.15, 0.2) is 0 Å². The first-order valence-electron chi connectivity index (χ1n) is 7.73. The SMILES string of the molecule is CCCNC(C)C1CCCCN1CCC(=O)N(C)C. The molecule has 0 spiro atoms. The van der Waals surface area contributed by atoms with Crippen LogP contribution >= 0.6 is 0 Å². The summed E-state index contributed by atoms with van der Waals surface area (Å²) in [5.74, 6) is 0.235. The fraction of sp³-hybridized carbons (Fsp3) is 0.933. The molecule has 0 aromatic heterocycles. The van der Waals surface area contributed by atoms with E-state index in [1.807, 2.05) is 14.1 Å². The molecule has 112 valence electrons. The fourth-order valence-electron chi connectivity index (χ4n) is 2.83. The number of likely N-dealkylation sites (tertiary alicyclic amines) is 1. The minimum absolute atomic E-state index is 0.235. The average molecular weight is 269 g/mol. The maximum atomic E-state index is 11.7. The summed E-state index contributed by atoms with van der Waals surface area (Å²) in [6.07, 6.45) is 5.67. The van der Waals surface area contributed by atoms with Gasteiger partial charge in [0.1, 0.15) is 0 Å². The van der Waals surface area contributed by atoms with Crippen LogP contribution in [0.25, 0.3) is 0 Å². The van der Waals surface area contributed by atoms with Gasteiger partial charge < -0.3 is 10.2 Å². The number of rotatable bonds is 7. The van der Waals surface area contributed by atoms with E-state index in [1.54, 1.807) is 4.90 Å². The summed E-state index contributed by atoms with van der Waals surface area (Å²) in [6, 6.07) is 1.12. The lowest BCUT2D eigenvalue weighted by Crippen LogP contribution is -2.51. The molecule has 1 fully saturated rings. The summed E-state index contributed by atoms with van der Waals surface area (Å²) in [5.41, 5.74) is 0. The third-order valence-electron chi connectivity index (χ3n) is 4.07. The summed E-state index contributed by atoms with van der Waals surface area (Å²) in [6.45, 7) is 7.62. The molecular weight excluding hydrogens is 238 g/mol. The third-order valence-corrected chi connectivity index (χ3v) is 4.07. The molecule has 0 radical (unpaired) electrons. The van der Waals surface area contributed by atoms with Gasteiger partial charge in [-0.2, -0.15) is 0 Å². The Kier molecular flexibility index (Phi) is 7.39. The van der Waals surface area contributed by atoms with E-state index in [2.05, 4.69) is 24.1 Å². The first-order valence-corrected chi connectivity index (χ1v) is 7.73. The van der Waals surface area contributed by atoms with E-state index in [9.17, 15) is 4.79 Å². The van der Waals surface area contributed by atoms with Crippen LogP contribution in [0.2, 0.25) is 0 Å². The van der Waals surface area contributed by atoms with Gasteiger partial charge in [-0.15, -0.1) is 0 Å². The zero-order valence-corrected chi connectivity index (χ0v) is 13.1. The highest BCUT2D eigenvalue weighted by Crippen LogP contribution is 2.20. The molecule has 2 unspecified atom stereocenters. The Hall–Kier alpha value is -0.610. The van der Waals surface area contributed by atoms with Crippen molar-refractivity contribution in [2.45, 2.75) is 58.0 Å². The van der Waals surface area contributed by atoms with Gasteiger partial charge in [0, 0.05) is 39.1 Å². The smallest absolute Gasteiger partial charge is 0.223 e. The van der Waals surface area contributed by atoms with Gasteiger partial charge in [0.2, 0.25) is 5.91 Å². The largest absolute Gasteiger partial charge is 0.349 e. The highest BCUT2D eigenvalue weighted by atomic mass is 16.2. The number of amides is 1. The van der Waals surface area contributed by atoms with Crippen LogP contribution < -0.4 is 5.32 Å². The van der Waals surface area contributed by atoms with Crippen molar-refractivity contribution < 1.29 is 4.79 Å². The van der Waals surface area contributed by atoms with Crippen LogP contribution in [0, 0.1) is 0 Å². The van der Waals surface area contributed by atoms with Gasteiger partial charge >= 0.3 is 0 Å². The zero-order valence-electron chi connectivity index (χ0n) is 13.1. The van der Waals surface area contributed by atoms with Crippen LogP contribution in [0.15, 0.2) is 0 Å². The maximum absolute atomic E-state index is 11.7. The second-order valence-corrected chi connectivity index (χ2v) is 5.88. The number of carbonyl (C=O) groups excluding carboxylic acids is 1. The quantitative estimate of drug-likeness (QED) is 0.764. The van der Waals surface area contributed by atoms with Crippen molar-refractivity contribution in [2.24, 2.45) is 0 Å². The summed E-state index contributed by atoms with van der Waals surface area (Å²) in [7, 11) is 3.67. The van der Waals surface area contributed by atoms with Crippen LogP contribution in [0.1, 0.15) is 46.0 Å². The van der Waals surface area contributed by atoms with Crippen molar-refractivity contribution in [3.63, 3.8) is 0 Å². The lowest BCUT2D eigenvalue weighted by atomic mass is 9.96. The molecule has 1 N–H and O–H groups in total. The Morgan fingerprint density at radius 2 is 2.16 bits per heavy atom. The number of hydrogen-bond donors (Lipinski definition) is 1. The minimum Gasteiger partial charge on any atom is -0.349 e. The molecule has 1 aliphatic rings. The predicted octanol–water partition coefficient (Wildman–Crippen LogP) is 1.71. The maximum Gasteiger partial charge on any atom is 0.223 e. The summed E-state index contributed by atoms with van der Waals surface area (Å²) >= 11 is 0. The fourth-order valence-corrected chi connectivity index (χ4v) is 2.83. The second kappa shape index (κ2) is 8.54. The van der Waals surface area contributed by atoms with Gasteiger partial charge in [-0.25, -0.2) is 0 Å². The number of piperidine rings is 1. The number of hydrogen-bond acceptors (Lipinski definition) is 3. The van der Waals surface area contributed by atoms with Crippen molar-refractivity contribution in [2.75, 3.05) is 33.7 Å². The molecule has 0 aromatic carbocycles. The molecule has 0 saturated carbocycles. The molecule has 1 rings (SSSR count). The molecule has 1 aliphatic heterocycles. The lowest BCUT2D eigenvalue weighted by Gasteiger charge is -2.39. The average Bonchev–Trinajstić information content (AvgIpc) is 2.42. The normalized spacial score (nSPS) is 22.2. The summed E-state index contributed by atoms with van der Waals surface area (Å²) < 4.78 is 0. The van der Waals surface area contributed by atoms with E-state index < -0.39 is 0 Å². The molecule has 4 nitrogen and oxygen atoms in total. The molecular formula is C15H31N3O. The van der Waals surface area contributed by atoms with Crippen molar-refractivity contribution in [1.82, 2.24) is 15.1 Å². The van der Waals surface area contributed by atoms with Crippen molar-refractivity contribution >= 4 is 5.91 Å². The molecule has 4 heteroatoms. The molecule has 1 saturated heterocycles. The number of nitrogens with one attached hydrogen (secondary N) is 1. The number of carbonyl (C=O) groups is 1. The van der Waals surface area contributed by atoms with Crippen molar-refractivity contribution in [3.05, 3.63) is 0 Å². The van der Waals surface area contributed by atoms with Crippen LogP contribution in [0.5, 0.6) is 0 Å². The summed E-state index contributed by atoms with van der Waals surface area (Å²) in [4.78, 5) is 15.9. The highest BCUT2D eigenvalue weighted by Gasteiger charge is 2.27. The molecule has 0 bridgehead atoms. The Labute approximate surface area is 118 Å². The van der Waals surface area contributed by atoms with Gasteiger partial charge in [0.25, 0.3) is 0 Å². The van der Waals surface area contributed by atoms with E-state index in [1.165, 1.54) is 25.7 Å². The second-order valence-electron chi connectivity index (χ2n) is 5.88. The van der Waals surface area contributed by atoms with Crippen LogP contribution in [-0.2, 0) is 4.79 Å². The Balaban J connectivity index is 2.45. The molecule has 0 aromatic rings. The van der Waals surface area contributed by atoms with E-state index >= 15 is 0 Å². The van der Waals surface area contributed by atoms with Crippen molar-refractivity contribution in [3.8, 4) is 0 Å². The van der Waals surface area contributed by atoms with Crippen molar-refractivity contribution in [1.29, 1.82) is 0 Å². The van der Waals surface area contributed by atoms with Gasteiger partial charge in [0.05, 0.1) is 0 Å². The van der Waals surface area contributed by atoms with Gasteiger partial charge in [-0.05, 0) is 39.3 Å². The monoisotopic (exact) mass is 269 g/mol. The van der Waals surface area contributed by atoms with Crippen LogP contribution in [0.3, 0.4) is 0 Å². The molecule has 0 aliphatic carbocycles. The highest BCUT2D eigenvalue weighted by molar-refractivity contribution is 5.75. The topological polar surface area (TPSA) is 35.6 Å². The number of nitrogens with zero attached hydrogens (tertiary/aromatic N) is 2. The van der Waals surface area contributed by atoms with E-state index in [0.717, 1.165) is 19.6 Å². The summed E-state index contributed by atoms with van der Waals surface area (Å²) in [5, 5.41) is 3.61. The van der Waals surface area contributed by atoms with Crippen LogP contribution in [0.4, 0.5) is 0 Å². The molecule has 1 heterocycles. The first-order chi connectivity index (χ1) is 9.06. The van der Waals surface area contributed by atoms with Gasteiger partial charge in [-0.1, -0.05) is 13.3 Å². The molecule has 1 amide bonds. The van der Waals surface area contributed by atoms with E-state index in [4.69, 9.17) is 0 Å². The Bertz CT molecular complexity index is 268. The minimum atomic E-state index is 0.235. The van der Waals surface area contributed by atoms with E-state index in [-0.39, 0.29) is 5.91 Å². The standard InChI is InChI=1S/C15H31N3O/c1-5-10-16-13(2)14-8-6-7-11-18(14)12-9-15(19)17(3)4/h13-14,16H,5-12H2,1-4H3. The Morgan fingerprint density at radius 1 is 1.42 bits per heavy atom. The first kappa shape index (κ1) is 16.4. The molecule has 2 atom stereocenters. The van der Waals surface area contributed by atoms with E-state index in [0.29, 0.717) is 18.5 Å². The predicted molar refractivity (Wildman–Crippen MR) is 80.3 cm³/mol. The molecule has 19 heavy (non-hydrogen) atoms. The van der Waals surface area contributed by atoms with Gasteiger partial charge in [-0.3, -0.25) is 9.69 Å². The Morgan fingerprint density at radius 3 is 2.79 bits per heavy atom. The lowest BCUT2D eigenvalue weighted by molar-refractivity contribution is -0.129. The van der Waals surface area contributed by atoms with Crippen LogP contribution in [-0.4, -0.2) is 61.5 Å².